The van der Waals surface area contributed by atoms with Gasteiger partial charge in [0.1, 0.15) is 0 Å². The number of aliphatic hydroxyl groups is 1. The molecule has 0 aliphatic heterocycles. The second kappa shape index (κ2) is 5.94. The van der Waals surface area contributed by atoms with Gasteiger partial charge in [0.15, 0.2) is 0 Å². The third-order valence-electron chi connectivity index (χ3n) is 3.51. The summed E-state index contributed by atoms with van der Waals surface area (Å²) in [4.78, 5) is -0.193. The van der Waals surface area contributed by atoms with Crippen molar-refractivity contribution < 1.29 is 26.7 Å². The van der Waals surface area contributed by atoms with E-state index in [-0.39, 0.29) is 10.9 Å². The van der Waals surface area contributed by atoms with Crippen molar-refractivity contribution >= 4 is 10.0 Å². The molecule has 21 heavy (non-hydrogen) atoms. The molecule has 0 amide bonds. The summed E-state index contributed by atoms with van der Waals surface area (Å²) >= 11 is 0. The fourth-order valence-electron chi connectivity index (χ4n) is 2.30. The Bertz CT molecular complexity index is 576. The van der Waals surface area contributed by atoms with E-state index in [2.05, 4.69) is 4.72 Å². The number of nitrogens with one attached hydrogen (secondary N) is 1. The van der Waals surface area contributed by atoms with Gasteiger partial charge in [-0.05, 0) is 49.9 Å². The molecule has 1 fully saturated rings. The molecule has 118 valence electrons. The van der Waals surface area contributed by atoms with E-state index in [1.54, 1.807) is 0 Å². The van der Waals surface area contributed by atoms with Crippen LogP contribution in [-0.4, -0.2) is 25.7 Å². The molecular formula is C13H16F3NO3S. The minimum absolute atomic E-state index is 0.193. The second-order valence-corrected chi connectivity index (χ2v) is 6.86. The largest absolute Gasteiger partial charge is 0.416 e. The Kier molecular flexibility index (Phi) is 4.60. The van der Waals surface area contributed by atoms with Crippen LogP contribution < -0.4 is 4.72 Å². The Morgan fingerprint density at radius 3 is 2.05 bits per heavy atom. The van der Waals surface area contributed by atoms with Crippen LogP contribution in [0.25, 0.3) is 0 Å². The minimum atomic E-state index is -4.49. The lowest BCUT2D eigenvalue weighted by Gasteiger charge is -2.26. The van der Waals surface area contributed by atoms with Crippen LogP contribution in [0.1, 0.15) is 31.2 Å². The maximum Gasteiger partial charge on any atom is 0.416 e. The van der Waals surface area contributed by atoms with Crippen LogP contribution in [0.2, 0.25) is 0 Å². The maximum absolute atomic E-state index is 12.4. The molecule has 2 N–H and O–H groups in total. The summed E-state index contributed by atoms with van der Waals surface area (Å²) in [6, 6.07) is 3.10. The average molecular weight is 323 g/mol. The van der Waals surface area contributed by atoms with Crippen molar-refractivity contribution in [2.75, 3.05) is 0 Å². The summed E-state index contributed by atoms with van der Waals surface area (Å²) in [5.74, 6) is 0. The van der Waals surface area contributed by atoms with Crippen LogP contribution >= 0.6 is 0 Å². The van der Waals surface area contributed by atoms with Gasteiger partial charge in [-0.2, -0.15) is 13.2 Å². The van der Waals surface area contributed by atoms with Gasteiger partial charge in [-0.3, -0.25) is 0 Å². The molecule has 0 unspecified atom stereocenters. The molecule has 1 aromatic rings. The number of rotatable bonds is 3. The van der Waals surface area contributed by atoms with E-state index in [1.165, 1.54) is 0 Å². The predicted octanol–water partition coefficient (Wildman–Crippen LogP) is 2.29. The lowest BCUT2D eigenvalue weighted by molar-refractivity contribution is -0.137. The van der Waals surface area contributed by atoms with Crippen molar-refractivity contribution in [3.05, 3.63) is 29.8 Å². The zero-order valence-electron chi connectivity index (χ0n) is 11.1. The van der Waals surface area contributed by atoms with Crippen LogP contribution in [0.5, 0.6) is 0 Å². The molecule has 1 aliphatic rings. The summed E-state index contributed by atoms with van der Waals surface area (Å²) in [5.41, 5.74) is -0.887. The summed E-state index contributed by atoms with van der Waals surface area (Å²) < 4.78 is 64.0. The Morgan fingerprint density at radius 2 is 1.57 bits per heavy atom. The number of sulfonamides is 1. The van der Waals surface area contributed by atoms with Crippen molar-refractivity contribution in [3.8, 4) is 0 Å². The first-order valence-electron chi connectivity index (χ1n) is 6.56. The average Bonchev–Trinajstić information content (AvgIpc) is 2.40. The normalized spacial score (nSPS) is 24.0. The molecule has 0 heterocycles. The van der Waals surface area contributed by atoms with E-state index >= 15 is 0 Å². The maximum atomic E-state index is 12.4. The van der Waals surface area contributed by atoms with Crippen LogP contribution in [-0.2, 0) is 16.2 Å². The van der Waals surface area contributed by atoms with E-state index in [0.717, 1.165) is 24.3 Å². The Morgan fingerprint density at radius 1 is 1.05 bits per heavy atom. The summed E-state index contributed by atoms with van der Waals surface area (Å²) in [7, 11) is -3.84. The quantitative estimate of drug-likeness (QED) is 0.897. The van der Waals surface area contributed by atoms with Gasteiger partial charge in [0, 0.05) is 6.04 Å². The van der Waals surface area contributed by atoms with E-state index in [0.29, 0.717) is 25.7 Å². The number of benzene rings is 1. The standard InChI is InChI=1S/C13H16F3NO3S/c14-13(15,16)9-1-7-12(8-2-9)21(19,20)17-10-3-5-11(18)6-4-10/h1-2,7-8,10-11,17-18H,3-6H2. The highest BCUT2D eigenvalue weighted by Gasteiger charge is 2.31. The van der Waals surface area contributed by atoms with Crippen LogP contribution in [0.4, 0.5) is 13.2 Å². The van der Waals surface area contributed by atoms with Crippen molar-refractivity contribution in [1.29, 1.82) is 0 Å². The molecule has 0 radical (unpaired) electrons. The van der Waals surface area contributed by atoms with Crippen molar-refractivity contribution in [3.63, 3.8) is 0 Å². The molecule has 0 spiro atoms. The first kappa shape index (κ1) is 16.3. The van der Waals surface area contributed by atoms with E-state index < -0.39 is 27.9 Å². The lowest BCUT2D eigenvalue weighted by Crippen LogP contribution is -2.38. The minimum Gasteiger partial charge on any atom is -0.393 e. The first-order valence-corrected chi connectivity index (χ1v) is 8.04. The van der Waals surface area contributed by atoms with Crippen LogP contribution in [0, 0.1) is 0 Å². The number of hydrogen-bond acceptors (Lipinski definition) is 3. The summed E-state index contributed by atoms with van der Waals surface area (Å²) in [5, 5.41) is 9.37. The molecule has 1 saturated carbocycles. The van der Waals surface area contributed by atoms with Gasteiger partial charge in [-0.1, -0.05) is 0 Å². The van der Waals surface area contributed by atoms with Gasteiger partial charge < -0.3 is 5.11 Å². The molecule has 2 rings (SSSR count). The first-order chi connectivity index (χ1) is 9.68. The molecule has 4 nitrogen and oxygen atoms in total. The highest BCUT2D eigenvalue weighted by atomic mass is 32.2. The van der Waals surface area contributed by atoms with Crippen molar-refractivity contribution in [2.45, 2.75) is 48.9 Å². The van der Waals surface area contributed by atoms with Crippen molar-refractivity contribution in [1.82, 2.24) is 4.72 Å². The van der Waals surface area contributed by atoms with E-state index in [1.807, 2.05) is 0 Å². The second-order valence-electron chi connectivity index (χ2n) is 5.15. The number of alkyl halides is 3. The molecule has 8 heteroatoms. The van der Waals surface area contributed by atoms with Gasteiger partial charge in [0.05, 0.1) is 16.6 Å². The zero-order valence-corrected chi connectivity index (χ0v) is 11.9. The Labute approximate surface area is 121 Å². The number of halogens is 3. The van der Waals surface area contributed by atoms with Gasteiger partial charge in [-0.15, -0.1) is 0 Å². The number of hydrogen-bond donors (Lipinski definition) is 2. The molecule has 0 bridgehead atoms. The molecule has 0 atom stereocenters. The van der Waals surface area contributed by atoms with Crippen molar-refractivity contribution in [2.24, 2.45) is 0 Å². The fraction of sp³-hybridized carbons (Fsp3) is 0.538. The zero-order chi connectivity index (χ0) is 15.7. The van der Waals surface area contributed by atoms with Gasteiger partial charge >= 0.3 is 6.18 Å². The Balaban J connectivity index is 2.09. The highest BCUT2D eigenvalue weighted by molar-refractivity contribution is 7.89. The molecular weight excluding hydrogens is 307 g/mol. The van der Waals surface area contributed by atoms with E-state index in [9.17, 15) is 26.7 Å². The Hall–Kier alpha value is -1.12. The molecule has 0 aromatic heterocycles. The topological polar surface area (TPSA) is 66.4 Å². The molecule has 1 aromatic carbocycles. The molecule has 0 saturated heterocycles. The van der Waals surface area contributed by atoms with Crippen LogP contribution in [0.3, 0.4) is 0 Å². The fourth-order valence-corrected chi connectivity index (χ4v) is 3.61. The SMILES string of the molecule is O=S(=O)(NC1CCC(O)CC1)c1ccc(C(F)(F)F)cc1. The molecule has 1 aliphatic carbocycles. The third-order valence-corrected chi connectivity index (χ3v) is 5.05. The highest BCUT2D eigenvalue weighted by Crippen LogP contribution is 2.30. The monoisotopic (exact) mass is 323 g/mol. The van der Waals surface area contributed by atoms with E-state index in [4.69, 9.17) is 0 Å². The van der Waals surface area contributed by atoms with Crippen LogP contribution in [0.15, 0.2) is 29.2 Å². The van der Waals surface area contributed by atoms with Gasteiger partial charge in [0.25, 0.3) is 0 Å². The van der Waals surface area contributed by atoms with Gasteiger partial charge in [0.2, 0.25) is 10.0 Å². The predicted molar refractivity (Wildman–Crippen MR) is 70.0 cm³/mol. The third kappa shape index (κ3) is 4.18. The lowest BCUT2D eigenvalue weighted by atomic mass is 9.94. The number of aliphatic hydroxyl groups excluding tert-OH is 1. The summed E-state index contributed by atoms with van der Waals surface area (Å²) in [6.07, 6.45) is -2.84. The summed E-state index contributed by atoms with van der Waals surface area (Å²) in [6.45, 7) is 0. The van der Waals surface area contributed by atoms with Gasteiger partial charge in [-0.25, -0.2) is 13.1 Å². The smallest absolute Gasteiger partial charge is 0.393 e.